The highest BCUT2D eigenvalue weighted by molar-refractivity contribution is 6.03. The number of carbonyl (C=O) groups is 1. The second kappa shape index (κ2) is 4.42. The largest absolute Gasteiger partial charge is 0.366 e. The molecular formula is C15H15NO. The van der Waals surface area contributed by atoms with E-state index in [0.717, 1.165) is 16.5 Å². The number of carbonyl (C=O) groups excluding carboxylic acids is 1. The summed E-state index contributed by atoms with van der Waals surface area (Å²) in [7, 11) is 0. The minimum atomic E-state index is -0.365. The van der Waals surface area contributed by atoms with Crippen LogP contribution >= 0.6 is 0 Å². The maximum Gasteiger partial charge on any atom is 0.244 e. The minimum Gasteiger partial charge on any atom is -0.366 e. The SMILES string of the molecule is CC(C(N)=O)=C(C)c1cccc2ccccc12. The first-order valence-electron chi connectivity index (χ1n) is 5.56. The minimum absolute atomic E-state index is 0.365. The summed E-state index contributed by atoms with van der Waals surface area (Å²) < 4.78 is 0. The molecule has 0 spiro atoms. The number of nitrogens with two attached hydrogens (primary N) is 1. The predicted molar refractivity (Wildman–Crippen MR) is 71.4 cm³/mol. The van der Waals surface area contributed by atoms with E-state index < -0.39 is 0 Å². The molecule has 2 aromatic rings. The Kier molecular flexibility index (Phi) is 2.96. The van der Waals surface area contributed by atoms with Crippen LogP contribution in [0.2, 0.25) is 0 Å². The van der Waals surface area contributed by atoms with Crippen LogP contribution in [0, 0.1) is 0 Å². The molecule has 2 heteroatoms. The number of hydrogen-bond donors (Lipinski definition) is 1. The molecule has 0 aliphatic rings. The van der Waals surface area contributed by atoms with Crippen LogP contribution in [0.4, 0.5) is 0 Å². The van der Waals surface area contributed by atoms with Crippen LogP contribution in [-0.4, -0.2) is 5.91 Å². The summed E-state index contributed by atoms with van der Waals surface area (Å²) in [5.74, 6) is -0.365. The Hall–Kier alpha value is -2.09. The topological polar surface area (TPSA) is 43.1 Å². The molecule has 0 radical (unpaired) electrons. The van der Waals surface area contributed by atoms with Gasteiger partial charge in [0.05, 0.1) is 0 Å². The Morgan fingerprint density at radius 1 is 1.00 bits per heavy atom. The molecule has 0 bridgehead atoms. The Morgan fingerprint density at radius 3 is 2.35 bits per heavy atom. The lowest BCUT2D eigenvalue weighted by atomic mass is 9.96. The Bertz CT molecular complexity index is 606. The van der Waals surface area contributed by atoms with Crippen molar-refractivity contribution >= 4 is 22.3 Å². The number of hydrogen-bond acceptors (Lipinski definition) is 1. The molecule has 1 amide bonds. The van der Waals surface area contributed by atoms with Crippen molar-refractivity contribution in [3.63, 3.8) is 0 Å². The standard InChI is InChI=1S/C15H15NO/c1-10(11(2)15(16)17)13-9-5-7-12-6-3-4-8-14(12)13/h3-9H,1-2H3,(H2,16,17). The van der Waals surface area contributed by atoms with E-state index in [0.29, 0.717) is 5.57 Å². The summed E-state index contributed by atoms with van der Waals surface area (Å²) in [6.07, 6.45) is 0. The number of benzene rings is 2. The first kappa shape index (κ1) is 11.4. The van der Waals surface area contributed by atoms with Crippen molar-refractivity contribution in [1.82, 2.24) is 0 Å². The van der Waals surface area contributed by atoms with Gasteiger partial charge in [0.15, 0.2) is 0 Å². The summed E-state index contributed by atoms with van der Waals surface area (Å²) >= 11 is 0. The lowest BCUT2D eigenvalue weighted by molar-refractivity contribution is -0.114. The molecule has 0 heterocycles. The van der Waals surface area contributed by atoms with Gasteiger partial charge in [0.1, 0.15) is 0 Å². The number of allylic oxidation sites excluding steroid dienone is 1. The van der Waals surface area contributed by atoms with Gasteiger partial charge in [-0.25, -0.2) is 0 Å². The van der Waals surface area contributed by atoms with E-state index in [-0.39, 0.29) is 5.91 Å². The van der Waals surface area contributed by atoms with Crippen molar-refractivity contribution in [3.05, 3.63) is 53.6 Å². The number of fused-ring (bicyclic) bond motifs is 1. The third-order valence-corrected chi connectivity index (χ3v) is 3.13. The van der Waals surface area contributed by atoms with Gasteiger partial charge in [-0.2, -0.15) is 0 Å². The summed E-state index contributed by atoms with van der Waals surface area (Å²) in [4.78, 5) is 11.2. The number of primary amides is 1. The van der Waals surface area contributed by atoms with E-state index in [1.807, 2.05) is 31.2 Å². The van der Waals surface area contributed by atoms with Gasteiger partial charge in [-0.1, -0.05) is 42.5 Å². The van der Waals surface area contributed by atoms with Crippen molar-refractivity contribution in [2.45, 2.75) is 13.8 Å². The zero-order valence-corrected chi connectivity index (χ0v) is 10.0. The molecule has 2 N–H and O–H groups in total. The van der Waals surface area contributed by atoms with E-state index in [1.165, 1.54) is 5.39 Å². The summed E-state index contributed by atoms with van der Waals surface area (Å²) in [5, 5.41) is 2.31. The van der Waals surface area contributed by atoms with E-state index in [1.54, 1.807) is 6.92 Å². The second-order valence-electron chi connectivity index (χ2n) is 4.14. The van der Waals surface area contributed by atoms with E-state index in [4.69, 9.17) is 5.73 Å². The fraction of sp³-hybridized carbons (Fsp3) is 0.133. The highest BCUT2D eigenvalue weighted by Gasteiger charge is 2.08. The molecule has 2 aromatic carbocycles. The molecule has 0 atom stereocenters. The van der Waals surface area contributed by atoms with Gasteiger partial charge in [-0.15, -0.1) is 0 Å². The molecule has 0 saturated heterocycles. The van der Waals surface area contributed by atoms with Gasteiger partial charge >= 0.3 is 0 Å². The van der Waals surface area contributed by atoms with Gasteiger partial charge in [0.25, 0.3) is 0 Å². The molecule has 0 aromatic heterocycles. The number of rotatable bonds is 2. The molecule has 0 saturated carbocycles. The van der Waals surface area contributed by atoms with Crippen LogP contribution in [0.1, 0.15) is 19.4 Å². The van der Waals surface area contributed by atoms with Crippen molar-refractivity contribution in [2.24, 2.45) is 5.73 Å². The lowest BCUT2D eigenvalue weighted by Crippen LogP contribution is -2.12. The highest BCUT2D eigenvalue weighted by atomic mass is 16.1. The van der Waals surface area contributed by atoms with Crippen molar-refractivity contribution < 1.29 is 4.79 Å². The fourth-order valence-electron chi connectivity index (χ4n) is 1.94. The van der Waals surface area contributed by atoms with Crippen LogP contribution in [0.15, 0.2) is 48.0 Å². The third kappa shape index (κ3) is 2.07. The second-order valence-corrected chi connectivity index (χ2v) is 4.14. The first-order valence-corrected chi connectivity index (χ1v) is 5.56. The normalized spacial score (nSPS) is 12.4. The van der Waals surface area contributed by atoms with Crippen molar-refractivity contribution in [1.29, 1.82) is 0 Å². The molecule has 0 fully saturated rings. The van der Waals surface area contributed by atoms with Crippen LogP contribution < -0.4 is 5.73 Å². The molecule has 17 heavy (non-hydrogen) atoms. The Balaban J connectivity index is 2.72. The van der Waals surface area contributed by atoms with Gasteiger partial charge in [0, 0.05) is 5.57 Å². The lowest BCUT2D eigenvalue weighted by Gasteiger charge is -2.09. The predicted octanol–water partition coefficient (Wildman–Crippen LogP) is 3.12. The highest BCUT2D eigenvalue weighted by Crippen LogP contribution is 2.26. The Labute approximate surface area is 101 Å². The van der Waals surface area contributed by atoms with E-state index in [2.05, 4.69) is 18.2 Å². The van der Waals surface area contributed by atoms with Crippen LogP contribution in [0.3, 0.4) is 0 Å². The molecule has 2 rings (SSSR count). The van der Waals surface area contributed by atoms with Crippen LogP contribution in [0.25, 0.3) is 16.3 Å². The van der Waals surface area contributed by atoms with Crippen LogP contribution in [-0.2, 0) is 4.79 Å². The smallest absolute Gasteiger partial charge is 0.244 e. The maximum atomic E-state index is 11.2. The Morgan fingerprint density at radius 2 is 1.65 bits per heavy atom. The van der Waals surface area contributed by atoms with Gasteiger partial charge < -0.3 is 5.73 Å². The molecule has 86 valence electrons. The average Bonchev–Trinajstić information content (AvgIpc) is 2.36. The quantitative estimate of drug-likeness (QED) is 0.784. The monoisotopic (exact) mass is 225 g/mol. The van der Waals surface area contributed by atoms with E-state index in [9.17, 15) is 4.79 Å². The summed E-state index contributed by atoms with van der Waals surface area (Å²) in [6.45, 7) is 3.70. The maximum absolute atomic E-state index is 11.2. The zero-order valence-electron chi connectivity index (χ0n) is 10.0. The van der Waals surface area contributed by atoms with Crippen LogP contribution in [0.5, 0.6) is 0 Å². The average molecular weight is 225 g/mol. The molecule has 2 nitrogen and oxygen atoms in total. The summed E-state index contributed by atoms with van der Waals surface area (Å²) in [6, 6.07) is 14.2. The summed E-state index contributed by atoms with van der Waals surface area (Å²) in [5.41, 5.74) is 7.94. The van der Waals surface area contributed by atoms with Crippen molar-refractivity contribution in [2.75, 3.05) is 0 Å². The molecule has 0 unspecified atom stereocenters. The van der Waals surface area contributed by atoms with Gasteiger partial charge in [-0.3, -0.25) is 4.79 Å². The fourth-order valence-corrected chi connectivity index (χ4v) is 1.94. The first-order chi connectivity index (χ1) is 8.11. The molecule has 0 aliphatic heterocycles. The molecule has 0 aliphatic carbocycles. The molecular weight excluding hydrogens is 210 g/mol. The number of amides is 1. The van der Waals surface area contributed by atoms with Gasteiger partial charge in [0.2, 0.25) is 5.91 Å². The zero-order chi connectivity index (χ0) is 12.4. The third-order valence-electron chi connectivity index (χ3n) is 3.13. The van der Waals surface area contributed by atoms with E-state index >= 15 is 0 Å². The van der Waals surface area contributed by atoms with Gasteiger partial charge in [-0.05, 0) is 35.8 Å². The van der Waals surface area contributed by atoms with Crippen molar-refractivity contribution in [3.8, 4) is 0 Å².